The Hall–Kier alpha value is -2.36. The highest BCUT2D eigenvalue weighted by atomic mass is 32.2. The Labute approximate surface area is 181 Å². The number of hydrogen-bond acceptors (Lipinski definition) is 5. The van der Waals surface area contributed by atoms with Crippen molar-refractivity contribution in [3.8, 4) is 0 Å². The van der Waals surface area contributed by atoms with Crippen molar-refractivity contribution in [3.05, 3.63) is 48.0 Å². The van der Waals surface area contributed by atoms with E-state index in [1.165, 1.54) is 20.0 Å². The summed E-state index contributed by atoms with van der Waals surface area (Å²) >= 11 is 1.56. The van der Waals surface area contributed by atoms with Crippen molar-refractivity contribution in [2.24, 2.45) is 0 Å². The summed E-state index contributed by atoms with van der Waals surface area (Å²) in [6, 6.07) is 12.1. The minimum absolute atomic E-state index is 0.0176. The van der Waals surface area contributed by atoms with Gasteiger partial charge in [0.05, 0.1) is 11.4 Å². The quantitative estimate of drug-likeness (QED) is 0.688. The van der Waals surface area contributed by atoms with Gasteiger partial charge in [0.2, 0.25) is 21.8 Å². The summed E-state index contributed by atoms with van der Waals surface area (Å²) in [6.45, 7) is 3.12. The molecule has 30 heavy (non-hydrogen) atoms. The number of carbonyl (C=O) groups is 2. The Bertz CT molecular complexity index is 1090. The molecule has 3 rings (SSSR count). The third kappa shape index (κ3) is 4.53. The Morgan fingerprint density at radius 1 is 1.23 bits per heavy atom. The lowest BCUT2D eigenvalue weighted by Gasteiger charge is -2.21. The molecule has 7 nitrogen and oxygen atoms in total. The fourth-order valence-corrected chi connectivity index (χ4v) is 5.25. The third-order valence-electron chi connectivity index (χ3n) is 5.03. The number of hydrogen-bond donors (Lipinski definition) is 1. The van der Waals surface area contributed by atoms with Crippen LogP contribution in [0.15, 0.2) is 52.3 Å². The molecule has 2 amide bonds. The summed E-state index contributed by atoms with van der Waals surface area (Å²) in [4.78, 5) is 27.0. The smallest absolute Gasteiger partial charge is 0.243 e. The molecular formula is C21H25N3O4S2. The summed E-state index contributed by atoms with van der Waals surface area (Å²) in [5, 5.41) is 2.73. The number of likely N-dealkylation sites (N-methyl/N-ethyl adjacent to an activating group) is 1. The first-order valence-corrected chi connectivity index (χ1v) is 12.1. The van der Waals surface area contributed by atoms with Crippen molar-refractivity contribution in [2.75, 3.05) is 30.1 Å². The largest absolute Gasteiger partial charge is 0.325 e. The van der Waals surface area contributed by atoms with Crippen LogP contribution in [0.25, 0.3) is 0 Å². The van der Waals surface area contributed by atoms with Crippen LogP contribution in [-0.4, -0.2) is 50.4 Å². The molecule has 1 N–H and O–H groups in total. The Kier molecular flexibility index (Phi) is 6.54. The van der Waals surface area contributed by atoms with Crippen LogP contribution in [0.1, 0.15) is 19.4 Å². The van der Waals surface area contributed by atoms with E-state index < -0.39 is 15.9 Å². The summed E-state index contributed by atoms with van der Waals surface area (Å²) in [5.41, 5.74) is 2.17. The summed E-state index contributed by atoms with van der Waals surface area (Å²) in [6.07, 6.45) is 2.53. The zero-order valence-electron chi connectivity index (χ0n) is 17.4. The molecule has 0 fully saturated rings. The molecule has 0 aromatic heterocycles. The van der Waals surface area contributed by atoms with Crippen LogP contribution in [0.5, 0.6) is 0 Å². The van der Waals surface area contributed by atoms with Crippen LogP contribution in [0.3, 0.4) is 0 Å². The zero-order valence-corrected chi connectivity index (χ0v) is 19.0. The normalized spacial score (nSPS) is 15.9. The summed E-state index contributed by atoms with van der Waals surface area (Å²) in [5.74, 6) is -0.493. The van der Waals surface area contributed by atoms with Gasteiger partial charge < -0.3 is 10.2 Å². The van der Waals surface area contributed by atoms with Crippen molar-refractivity contribution in [3.63, 3.8) is 0 Å². The van der Waals surface area contributed by atoms with E-state index in [0.29, 0.717) is 12.1 Å². The molecule has 1 heterocycles. The maximum absolute atomic E-state index is 13.0. The van der Waals surface area contributed by atoms with Gasteiger partial charge in [-0.25, -0.2) is 8.42 Å². The number of sulfonamides is 1. The Balaban J connectivity index is 1.74. The molecule has 1 atom stereocenters. The first-order valence-electron chi connectivity index (χ1n) is 9.46. The number of amides is 2. The second-order valence-electron chi connectivity index (χ2n) is 7.27. The van der Waals surface area contributed by atoms with Crippen molar-refractivity contribution in [2.45, 2.75) is 36.1 Å². The van der Waals surface area contributed by atoms with Crippen LogP contribution >= 0.6 is 11.8 Å². The minimum Gasteiger partial charge on any atom is -0.325 e. The van der Waals surface area contributed by atoms with Crippen molar-refractivity contribution in [1.82, 2.24) is 4.31 Å². The van der Waals surface area contributed by atoms with E-state index in [1.54, 1.807) is 34.9 Å². The number of fused-ring (bicyclic) bond motifs is 1. The number of nitrogens with zero attached hydrogens (tertiary/aromatic N) is 2. The number of nitrogens with one attached hydrogen (secondary N) is 1. The van der Waals surface area contributed by atoms with Crippen LogP contribution < -0.4 is 10.2 Å². The molecular weight excluding hydrogens is 422 g/mol. The lowest BCUT2D eigenvalue weighted by molar-refractivity contribution is -0.117. The van der Waals surface area contributed by atoms with Crippen molar-refractivity contribution in [1.29, 1.82) is 0 Å². The highest BCUT2D eigenvalue weighted by molar-refractivity contribution is 7.98. The van der Waals surface area contributed by atoms with E-state index >= 15 is 0 Å². The van der Waals surface area contributed by atoms with Gasteiger partial charge in [0.15, 0.2) is 0 Å². The predicted octanol–water partition coefficient (Wildman–Crippen LogP) is 2.97. The lowest BCUT2D eigenvalue weighted by atomic mass is 10.1. The number of benzene rings is 2. The Morgan fingerprint density at radius 3 is 2.63 bits per heavy atom. The topological polar surface area (TPSA) is 86.8 Å². The van der Waals surface area contributed by atoms with Gasteiger partial charge in [-0.1, -0.05) is 6.07 Å². The summed E-state index contributed by atoms with van der Waals surface area (Å²) in [7, 11) is -2.47. The van der Waals surface area contributed by atoms with Gasteiger partial charge in [-0.15, -0.1) is 11.8 Å². The molecule has 1 aliphatic rings. The fourth-order valence-electron chi connectivity index (χ4n) is 3.62. The fraction of sp³-hybridized carbons (Fsp3) is 0.333. The molecule has 0 radical (unpaired) electrons. The maximum atomic E-state index is 13.0. The van der Waals surface area contributed by atoms with E-state index in [9.17, 15) is 18.0 Å². The van der Waals surface area contributed by atoms with Gasteiger partial charge in [-0.3, -0.25) is 9.59 Å². The third-order valence-corrected chi connectivity index (χ3v) is 7.56. The molecule has 1 aliphatic heterocycles. The van der Waals surface area contributed by atoms with Crippen LogP contribution in [0.2, 0.25) is 0 Å². The average molecular weight is 448 g/mol. The highest BCUT2D eigenvalue weighted by Gasteiger charge is 2.31. The monoisotopic (exact) mass is 447 g/mol. The van der Waals surface area contributed by atoms with Gasteiger partial charge in [-0.2, -0.15) is 4.31 Å². The number of thioether (sulfide) groups is 1. The first kappa shape index (κ1) is 22.3. The molecule has 0 spiro atoms. The van der Waals surface area contributed by atoms with E-state index in [4.69, 9.17) is 0 Å². The highest BCUT2D eigenvalue weighted by Crippen LogP contribution is 2.34. The number of anilines is 2. The van der Waals surface area contributed by atoms with Gasteiger partial charge in [0.25, 0.3) is 0 Å². The molecule has 9 heteroatoms. The van der Waals surface area contributed by atoms with Crippen LogP contribution in [0.4, 0.5) is 11.4 Å². The second kappa shape index (κ2) is 8.79. The zero-order chi connectivity index (χ0) is 22.1. The van der Waals surface area contributed by atoms with Gasteiger partial charge >= 0.3 is 0 Å². The van der Waals surface area contributed by atoms with Gasteiger partial charge in [-0.05, 0) is 61.6 Å². The molecule has 0 bridgehead atoms. The maximum Gasteiger partial charge on any atom is 0.243 e. The molecule has 2 aromatic carbocycles. The predicted molar refractivity (Wildman–Crippen MR) is 119 cm³/mol. The average Bonchev–Trinajstić information content (AvgIpc) is 3.02. The van der Waals surface area contributed by atoms with E-state index in [2.05, 4.69) is 5.32 Å². The van der Waals surface area contributed by atoms with Gasteiger partial charge in [0, 0.05) is 36.3 Å². The van der Waals surface area contributed by atoms with Crippen LogP contribution in [0, 0.1) is 0 Å². The molecule has 0 saturated carbocycles. The molecule has 2 aromatic rings. The Morgan fingerprint density at radius 2 is 1.97 bits per heavy atom. The van der Waals surface area contributed by atoms with E-state index in [1.807, 2.05) is 31.4 Å². The standard InChI is InChI=1S/C21H25N3O4S2/c1-14-10-16-11-19(8-9-20(16)24(14)15(2)25)30(27,28)23(3)13-21(26)22-17-6-5-7-18(12-17)29-4/h5-9,11-12,14H,10,13H2,1-4H3,(H,22,26)/t14-/m1/s1. The second-order valence-corrected chi connectivity index (χ2v) is 10.2. The van der Waals surface area contributed by atoms with E-state index in [-0.39, 0.29) is 23.4 Å². The minimum atomic E-state index is -3.85. The number of rotatable bonds is 6. The first-order chi connectivity index (χ1) is 14.1. The number of carbonyl (C=O) groups excluding carboxylic acids is 2. The van der Waals surface area contributed by atoms with Crippen molar-refractivity contribution < 1.29 is 18.0 Å². The molecule has 0 saturated heterocycles. The summed E-state index contributed by atoms with van der Waals surface area (Å²) < 4.78 is 27.0. The van der Waals surface area contributed by atoms with Gasteiger partial charge in [0.1, 0.15) is 0 Å². The molecule has 0 unspecified atom stereocenters. The van der Waals surface area contributed by atoms with Crippen molar-refractivity contribution >= 4 is 45.0 Å². The molecule has 160 valence electrons. The van der Waals surface area contributed by atoms with E-state index in [0.717, 1.165) is 20.5 Å². The lowest BCUT2D eigenvalue weighted by Crippen LogP contribution is -2.35. The molecule has 0 aliphatic carbocycles. The van der Waals surface area contributed by atoms with Crippen LogP contribution in [-0.2, 0) is 26.0 Å². The SMILES string of the molecule is CSc1cccc(NC(=O)CN(C)S(=O)(=O)c2ccc3c(c2)C[C@@H](C)N3C(C)=O)c1.